The first-order valence-electron chi connectivity index (χ1n) is 4.02. The Morgan fingerprint density at radius 2 is 1.92 bits per heavy atom. The minimum atomic E-state index is 0. The van der Waals surface area contributed by atoms with Gasteiger partial charge in [-0.2, -0.15) is 0 Å². The molecule has 0 unspecified atom stereocenters. The van der Waals surface area contributed by atoms with Crippen LogP contribution in [0.5, 0.6) is 5.75 Å². The number of allylic oxidation sites excluding steroid dienone is 4. The maximum atomic E-state index is 9.50. The third-order valence-electron chi connectivity index (χ3n) is 2.02. The Bertz CT molecular complexity index is 353. The molecule has 0 amide bonds. The molecule has 0 atom stereocenters. The van der Waals surface area contributed by atoms with Gasteiger partial charge in [-0.1, -0.05) is 36.4 Å². The van der Waals surface area contributed by atoms with Gasteiger partial charge in [0.15, 0.2) is 0 Å². The molecule has 2 rings (SSSR count). The maximum absolute atomic E-state index is 9.50. The van der Waals surface area contributed by atoms with E-state index in [9.17, 15) is 5.11 Å². The Balaban J connectivity index is 0.000000845. The summed E-state index contributed by atoms with van der Waals surface area (Å²) in [7, 11) is 0. The zero-order valence-corrected chi connectivity index (χ0v) is 8.76. The van der Waals surface area contributed by atoms with Gasteiger partial charge in [0.05, 0.1) is 0 Å². The molecular weight excluding hydrogens is 196 g/mol. The van der Waals surface area contributed by atoms with Crippen molar-refractivity contribution in [1.82, 2.24) is 0 Å². The second-order valence-corrected chi connectivity index (χ2v) is 2.84. The number of benzene rings is 1. The summed E-state index contributed by atoms with van der Waals surface area (Å²) in [6.07, 6.45) is 7.07. The normalized spacial score (nSPS) is 13.7. The molecule has 0 aliphatic heterocycles. The fourth-order valence-corrected chi connectivity index (χ4v) is 1.39. The first-order chi connectivity index (χ1) is 5.88. The van der Waals surface area contributed by atoms with Crippen LogP contribution in [-0.2, 0) is 21.7 Å². The van der Waals surface area contributed by atoms with Crippen LogP contribution in [0.1, 0.15) is 12.0 Å². The minimum absolute atomic E-state index is 0. The average molecular weight is 206 g/mol. The van der Waals surface area contributed by atoms with Gasteiger partial charge in [-0.25, -0.2) is 0 Å². The van der Waals surface area contributed by atoms with Gasteiger partial charge in [0, 0.05) is 27.3 Å². The van der Waals surface area contributed by atoms with E-state index in [1.165, 1.54) is 5.57 Å². The molecule has 0 saturated heterocycles. The van der Waals surface area contributed by atoms with Gasteiger partial charge >= 0.3 is 0 Å². The molecule has 1 N–H and O–H groups in total. The molecular formula is C11H10OTi. The molecule has 1 nitrogen and oxygen atoms in total. The summed E-state index contributed by atoms with van der Waals surface area (Å²) < 4.78 is 0. The van der Waals surface area contributed by atoms with Crippen LogP contribution in [0.15, 0.2) is 42.5 Å². The van der Waals surface area contributed by atoms with Gasteiger partial charge in [-0.15, -0.1) is 0 Å². The molecule has 1 aliphatic rings. The smallest absolute Gasteiger partial charge is 0.123 e. The van der Waals surface area contributed by atoms with E-state index in [1.54, 1.807) is 6.07 Å². The van der Waals surface area contributed by atoms with Crippen LogP contribution < -0.4 is 0 Å². The Morgan fingerprint density at radius 1 is 1.15 bits per heavy atom. The Hall–Kier alpha value is -0.786. The molecule has 0 bridgehead atoms. The number of hydrogen-bond donors (Lipinski definition) is 1. The number of phenolic OH excluding ortho intramolecular Hbond substituents is 1. The predicted octanol–water partition coefficient (Wildman–Crippen LogP) is 2.73. The van der Waals surface area contributed by atoms with Crippen LogP contribution in [0.25, 0.3) is 5.57 Å². The van der Waals surface area contributed by atoms with Crippen LogP contribution in [0, 0.1) is 0 Å². The molecule has 0 radical (unpaired) electrons. The summed E-state index contributed by atoms with van der Waals surface area (Å²) in [6.45, 7) is 0. The quantitative estimate of drug-likeness (QED) is 0.700. The monoisotopic (exact) mass is 206 g/mol. The summed E-state index contributed by atoms with van der Waals surface area (Å²) in [5.41, 5.74) is 2.13. The molecule has 0 aromatic heterocycles. The second-order valence-electron chi connectivity index (χ2n) is 2.84. The molecule has 64 valence electrons. The minimum Gasteiger partial charge on any atom is -0.507 e. The van der Waals surface area contributed by atoms with Crippen LogP contribution in [0.2, 0.25) is 0 Å². The van der Waals surface area contributed by atoms with Crippen LogP contribution in [0.4, 0.5) is 0 Å². The number of aromatic hydroxyl groups is 1. The molecule has 2 heteroatoms. The van der Waals surface area contributed by atoms with E-state index in [1.807, 2.05) is 30.4 Å². The zero-order chi connectivity index (χ0) is 8.39. The molecule has 0 heterocycles. The van der Waals surface area contributed by atoms with Gasteiger partial charge in [0.1, 0.15) is 5.75 Å². The summed E-state index contributed by atoms with van der Waals surface area (Å²) in [6, 6.07) is 7.43. The predicted molar refractivity (Wildman–Crippen MR) is 49.8 cm³/mol. The van der Waals surface area contributed by atoms with Crippen molar-refractivity contribution >= 4 is 5.57 Å². The fourth-order valence-electron chi connectivity index (χ4n) is 1.39. The first kappa shape index (κ1) is 10.3. The van der Waals surface area contributed by atoms with E-state index in [2.05, 4.69) is 6.08 Å². The molecule has 0 spiro atoms. The molecule has 1 aromatic carbocycles. The van der Waals surface area contributed by atoms with Crippen molar-refractivity contribution in [2.45, 2.75) is 6.42 Å². The average Bonchev–Trinajstić information content (AvgIpc) is 2.57. The van der Waals surface area contributed by atoms with Gasteiger partial charge < -0.3 is 5.11 Å². The van der Waals surface area contributed by atoms with Crippen molar-refractivity contribution in [2.24, 2.45) is 0 Å². The van der Waals surface area contributed by atoms with Crippen LogP contribution in [0.3, 0.4) is 0 Å². The standard InChI is InChI=1S/C11H10O.Ti/c12-11-8-4-3-7-10(11)9-5-1-2-6-9;/h1-5,7-8,12H,6H2;. The van der Waals surface area contributed by atoms with Crippen molar-refractivity contribution in [3.05, 3.63) is 48.1 Å². The van der Waals surface area contributed by atoms with E-state index < -0.39 is 0 Å². The van der Waals surface area contributed by atoms with Crippen molar-refractivity contribution < 1.29 is 26.8 Å². The summed E-state index contributed by atoms with van der Waals surface area (Å²) in [5, 5.41) is 9.50. The van der Waals surface area contributed by atoms with Crippen molar-refractivity contribution in [3.8, 4) is 5.75 Å². The van der Waals surface area contributed by atoms with Crippen molar-refractivity contribution in [2.75, 3.05) is 0 Å². The molecule has 13 heavy (non-hydrogen) atoms. The topological polar surface area (TPSA) is 20.2 Å². The number of hydrogen-bond acceptors (Lipinski definition) is 1. The third kappa shape index (κ3) is 2.12. The van der Waals surface area contributed by atoms with Crippen molar-refractivity contribution in [3.63, 3.8) is 0 Å². The van der Waals surface area contributed by atoms with Gasteiger partial charge in [-0.05, 0) is 18.1 Å². The van der Waals surface area contributed by atoms with E-state index in [0.717, 1.165) is 12.0 Å². The van der Waals surface area contributed by atoms with Gasteiger partial charge in [0.25, 0.3) is 0 Å². The summed E-state index contributed by atoms with van der Waals surface area (Å²) in [5.74, 6) is 0.368. The van der Waals surface area contributed by atoms with Gasteiger partial charge in [-0.3, -0.25) is 0 Å². The number of phenols is 1. The Morgan fingerprint density at radius 3 is 2.54 bits per heavy atom. The Kier molecular flexibility index (Phi) is 3.52. The van der Waals surface area contributed by atoms with E-state index >= 15 is 0 Å². The summed E-state index contributed by atoms with van der Waals surface area (Å²) >= 11 is 0. The second kappa shape index (κ2) is 4.45. The molecule has 1 aliphatic carbocycles. The first-order valence-corrected chi connectivity index (χ1v) is 4.02. The van der Waals surface area contributed by atoms with Crippen molar-refractivity contribution in [1.29, 1.82) is 0 Å². The van der Waals surface area contributed by atoms with Crippen LogP contribution >= 0.6 is 0 Å². The zero-order valence-electron chi connectivity index (χ0n) is 7.20. The third-order valence-corrected chi connectivity index (χ3v) is 2.02. The largest absolute Gasteiger partial charge is 0.507 e. The molecule has 0 saturated carbocycles. The molecule has 1 aromatic rings. The fraction of sp³-hybridized carbons (Fsp3) is 0.0909. The summed E-state index contributed by atoms with van der Waals surface area (Å²) in [4.78, 5) is 0. The van der Waals surface area contributed by atoms with E-state index in [-0.39, 0.29) is 21.7 Å². The van der Waals surface area contributed by atoms with Crippen LogP contribution in [-0.4, -0.2) is 5.11 Å². The SMILES string of the molecule is Oc1ccccc1C1=CC=CC1.[Ti]. The maximum Gasteiger partial charge on any atom is 0.123 e. The Labute approximate surface area is 92.7 Å². The number of para-hydroxylation sites is 1. The van der Waals surface area contributed by atoms with Gasteiger partial charge in [0.2, 0.25) is 0 Å². The van der Waals surface area contributed by atoms with E-state index in [4.69, 9.17) is 0 Å². The number of rotatable bonds is 1. The molecule has 0 fully saturated rings. The van der Waals surface area contributed by atoms with E-state index in [0.29, 0.717) is 5.75 Å².